The van der Waals surface area contributed by atoms with Gasteiger partial charge in [0.1, 0.15) is 0 Å². The third-order valence-electron chi connectivity index (χ3n) is 1.20. The quantitative estimate of drug-likeness (QED) is 0.570. The highest BCUT2D eigenvalue weighted by Gasteiger charge is 2.06. The number of rotatable bonds is 5. The molecule has 0 bridgehead atoms. The summed E-state index contributed by atoms with van der Waals surface area (Å²) < 4.78 is 0. The Kier molecular flexibility index (Phi) is 6.73. The summed E-state index contributed by atoms with van der Waals surface area (Å²) in [5.41, 5.74) is 7.68. The molecule has 0 aromatic heterocycles. The summed E-state index contributed by atoms with van der Waals surface area (Å²) in [4.78, 5) is 0. The first-order chi connectivity index (χ1) is 4.70. The molecule has 0 rings (SSSR count). The fraction of sp³-hybridized carbons (Fsp3) is 1.00. The Morgan fingerprint density at radius 1 is 1.00 bits per heavy atom. The molecule has 0 aromatic carbocycles. The van der Waals surface area contributed by atoms with Gasteiger partial charge in [-0.05, 0) is 13.8 Å². The summed E-state index contributed by atoms with van der Waals surface area (Å²) >= 11 is 0. The van der Waals surface area contributed by atoms with Gasteiger partial charge >= 0.3 is 0 Å². The van der Waals surface area contributed by atoms with Gasteiger partial charge in [-0.15, -0.1) is 0 Å². The summed E-state index contributed by atoms with van der Waals surface area (Å²) in [5.74, 6) is 0. The average Bonchev–Trinajstić information content (AvgIpc) is 1.99. The van der Waals surface area contributed by atoms with Crippen LogP contribution in [0.2, 0.25) is 0 Å². The molecule has 0 saturated carbocycles. The van der Waals surface area contributed by atoms with Crippen LogP contribution in [0.3, 0.4) is 0 Å². The zero-order valence-corrected chi connectivity index (χ0v) is 8.43. The zero-order valence-electron chi connectivity index (χ0n) is 6.80. The van der Waals surface area contributed by atoms with Crippen LogP contribution >= 0.6 is 21.6 Å². The highest BCUT2D eigenvalue weighted by atomic mass is 33.1. The van der Waals surface area contributed by atoms with Gasteiger partial charge in [0, 0.05) is 0 Å². The van der Waals surface area contributed by atoms with Crippen LogP contribution in [0.5, 0.6) is 0 Å². The molecular formula is C6H18N2S2+2. The number of hydrogen-bond donors (Lipinski definition) is 2. The molecule has 0 radical (unpaired) electrons. The van der Waals surface area contributed by atoms with Crippen molar-refractivity contribution in [3.63, 3.8) is 0 Å². The van der Waals surface area contributed by atoms with Gasteiger partial charge in [-0.25, -0.2) is 0 Å². The van der Waals surface area contributed by atoms with Crippen molar-refractivity contribution in [3.8, 4) is 0 Å². The molecule has 62 valence electrons. The number of hydrogen-bond acceptors (Lipinski definition) is 2. The van der Waals surface area contributed by atoms with Gasteiger partial charge in [0.2, 0.25) is 0 Å². The van der Waals surface area contributed by atoms with E-state index >= 15 is 0 Å². The molecule has 0 aliphatic carbocycles. The fourth-order valence-corrected chi connectivity index (χ4v) is 2.57. The van der Waals surface area contributed by atoms with Crippen LogP contribution in [-0.2, 0) is 0 Å². The summed E-state index contributed by atoms with van der Waals surface area (Å²) in [6, 6.07) is 0. The molecule has 10 heavy (non-hydrogen) atoms. The van der Waals surface area contributed by atoms with Gasteiger partial charge < -0.3 is 11.5 Å². The second-order valence-corrected chi connectivity index (χ2v) is 5.54. The first-order valence-corrected chi connectivity index (χ1v) is 5.89. The maximum absolute atomic E-state index is 3.84. The van der Waals surface area contributed by atoms with E-state index in [9.17, 15) is 0 Å². The van der Waals surface area contributed by atoms with E-state index in [4.69, 9.17) is 0 Å². The van der Waals surface area contributed by atoms with Crippen LogP contribution in [0.1, 0.15) is 13.8 Å². The maximum Gasteiger partial charge on any atom is 0.0866 e. The van der Waals surface area contributed by atoms with E-state index in [2.05, 4.69) is 25.3 Å². The van der Waals surface area contributed by atoms with Gasteiger partial charge in [0.05, 0.1) is 23.6 Å². The fourth-order valence-electron chi connectivity index (χ4n) is 0.286. The Hall–Kier alpha value is 0.620. The van der Waals surface area contributed by atoms with E-state index in [1.165, 1.54) is 0 Å². The Balaban J connectivity index is 3.17. The van der Waals surface area contributed by atoms with E-state index in [1.54, 1.807) is 0 Å². The van der Waals surface area contributed by atoms with Gasteiger partial charge in [0.25, 0.3) is 0 Å². The summed E-state index contributed by atoms with van der Waals surface area (Å²) in [6.07, 6.45) is 0. The van der Waals surface area contributed by atoms with Crippen LogP contribution in [0.25, 0.3) is 0 Å². The van der Waals surface area contributed by atoms with Crippen molar-refractivity contribution in [1.29, 1.82) is 0 Å². The first kappa shape index (κ1) is 10.6. The molecule has 0 aliphatic rings. The van der Waals surface area contributed by atoms with Crippen LogP contribution in [0, 0.1) is 0 Å². The van der Waals surface area contributed by atoms with Gasteiger partial charge in [-0.3, -0.25) is 0 Å². The molecule has 0 aliphatic heterocycles. The van der Waals surface area contributed by atoms with Crippen molar-refractivity contribution in [2.45, 2.75) is 24.3 Å². The maximum atomic E-state index is 3.84. The predicted octanol–water partition coefficient (Wildman–Crippen LogP) is -0.371. The Labute approximate surface area is 70.9 Å². The minimum atomic E-state index is 0.680. The summed E-state index contributed by atoms with van der Waals surface area (Å²) in [5, 5.41) is 1.36. The Morgan fingerprint density at radius 2 is 1.30 bits per heavy atom. The summed E-state index contributed by atoms with van der Waals surface area (Å²) in [7, 11) is 3.85. The molecule has 0 spiro atoms. The second kappa shape index (κ2) is 6.34. The Bertz CT molecular complexity index is 70.1. The monoisotopic (exact) mass is 182 g/mol. The third kappa shape index (κ3) is 5.41. The van der Waals surface area contributed by atoms with Crippen molar-refractivity contribution in [2.24, 2.45) is 0 Å². The smallest absolute Gasteiger partial charge is 0.0866 e. The van der Waals surface area contributed by atoms with Crippen LogP contribution in [0.15, 0.2) is 0 Å². The lowest BCUT2D eigenvalue weighted by atomic mass is 10.5. The zero-order chi connectivity index (χ0) is 7.98. The van der Waals surface area contributed by atoms with Crippen LogP contribution in [-0.4, -0.2) is 23.6 Å². The highest BCUT2D eigenvalue weighted by Crippen LogP contribution is 2.29. The lowest BCUT2D eigenvalue weighted by Gasteiger charge is -2.07. The molecule has 2 unspecified atom stereocenters. The van der Waals surface area contributed by atoms with Crippen molar-refractivity contribution in [1.82, 2.24) is 0 Å². The highest BCUT2D eigenvalue weighted by molar-refractivity contribution is 8.77. The van der Waals surface area contributed by atoms with Gasteiger partial charge in [-0.2, -0.15) is 0 Å². The van der Waals surface area contributed by atoms with Crippen molar-refractivity contribution < 1.29 is 11.5 Å². The molecule has 4 heteroatoms. The lowest BCUT2D eigenvalue weighted by molar-refractivity contribution is -0.366. The molecule has 0 amide bonds. The molecule has 0 fully saturated rings. The SMILES string of the molecule is CC(C[NH3+])SSC(C)C[NH3+]. The van der Waals surface area contributed by atoms with Crippen molar-refractivity contribution in [3.05, 3.63) is 0 Å². The van der Waals surface area contributed by atoms with Crippen molar-refractivity contribution in [2.75, 3.05) is 13.1 Å². The van der Waals surface area contributed by atoms with Crippen LogP contribution in [0.4, 0.5) is 0 Å². The van der Waals surface area contributed by atoms with Crippen LogP contribution < -0.4 is 11.5 Å². The predicted molar refractivity (Wildman–Crippen MR) is 49.6 cm³/mol. The lowest BCUT2D eigenvalue weighted by Crippen LogP contribution is -2.54. The Morgan fingerprint density at radius 3 is 1.50 bits per heavy atom. The first-order valence-electron chi connectivity index (χ1n) is 3.61. The minimum Gasteiger partial charge on any atom is -0.357 e. The molecule has 0 heterocycles. The molecule has 2 nitrogen and oxygen atoms in total. The number of quaternary nitrogens is 2. The second-order valence-electron chi connectivity index (χ2n) is 2.39. The van der Waals surface area contributed by atoms with Gasteiger partial charge in [0.15, 0.2) is 0 Å². The third-order valence-corrected chi connectivity index (χ3v) is 4.74. The van der Waals surface area contributed by atoms with Gasteiger partial charge in [-0.1, -0.05) is 21.6 Å². The molecule has 6 N–H and O–H groups in total. The molecule has 0 saturated heterocycles. The van der Waals surface area contributed by atoms with E-state index in [0.717, 1.165) is 13.1 Å². The van der Waals surface area contributed by atoms with E-state index in [-0.39, 0.29) is 0 Å². The molecule has 0 aromatic rings. The normalized spacial score (nSPS) is 16.8. The van der Waals surface area contributed by atoms with E-state index in [1.807, 2.05) is 21.6 Å². The molecular weight excluding hydrogens is 164 g/mol. The largest absolute Gasteiger partial charge is 0.357 e. The molecule has 2 atom stereocenters. The van der Waals surface area contributed by atoms with E-state index in [0.29, 0.717) is 10.5 Å². The summed E-state index contributed by atoms with van der Waals surface area (Å²) in [6.45, 7) is 6.45. The topological polar surface area (TPSA) is 55.3 Å². The van der Waals surface area contributed by atoms with Crippen molar-refractivity contribution >= 4 is 21.6 Å². The van der Waals surface area contributed by atoms with E-state index < -0.39 is 0 Å². The standard InChI is InChI=1S/C6H16N2S2/c1-5(3-7)9-10-6(2)4-8/h5-6H,3-4,7-8H2,1-2H3/p+2. The average molecular weight is 182 g/mol. The minimum absolute atomic E-state index is 0.680.